The number of carbonyl (C=O) groups is 1. The third-order valence-electron chi connectivity index (χ3n) is 2.56. The zero-order chi connectivity index (χ0) is 14.5. The SMILES string of the molecule is C=CCSc1ccccc1NC(=O)c1nn(C)cc1N. The van der Waals surface area contributed by atoms with Crippen molar-refractivity contribution in [2.75, 3.05) is 16.8 Å². The summed E-state index contributed by atoms with van der Waals surface area (Å²) >= 11 is 1.60. The number of nitrogens with zero attached hydrogens (tertiary/aromatic N) is 2. The lowest BCUT2D eigenvalue weighted by atomic mass is 10.3. The van der Waals surface area contributed by atoms with E-state index in [-0.39, 0.29) is 11.6 Å². The molecule has 0 spiro atoms. The van der Waals surface area contributed by atoms with Gasteiger partial charge < -0.3 is 11.1 Å². The highest BCUT2D eigenvalue weighted by Gasteiger charge is 2.15. The average molecular weight is 288 g/mol. The van der Waals surface area contributed by atoms with Crippen LogP contribution in [0.25, 0.3) is 0 Å². The van der Waals surface area contributed by atoms with E-state index in [0.29, 0.717) is 5.69 Å². The Morgan fingerprint density at radius 3 is 2.95 bits per heavy atom. The number of thioether (sulfide) groups is 1. The second kappa shape index (κ2) is 6.29. The van der Waals surface area contributed by atoms with Crippen molar-refractivity contribution in [1.29, 1.82) is 0 Å². The maximum absolute atomic E-state index is 12.2. The highest BCUT2D eigenvalue weighted by Crippen LogP contribution is 2.27. The van der Waals surface area contributed by atoms with Crippen molar-refractivity contribution in [1.82, 2.24) is 9.78 Å². The van der Waals surface area contributed by atoms with Gasteiger partial charge in [0.2, 0.25) is 0 Å². The summed E-state index contributed by atoms with van der Waals surface area (Å²) in [5.41, 5.74) is 7.09. The van der Waals surface area contributed by atoms with Gasteiger partial charge in [0.1, 0.15) is 0 Å². The fourth-order valence-electron chi connectivity index (χ4n) is 1.71. The second-order valence-corrected chi connectivity index (χ2v) is 5.22. The van der Waals surface area contributed by atoms with E-state index in [9.17, 15) is 4.79 Å². The van der Waals surface area contributed by atoms with Gasteiger partial charge in [-0.2, -0.15) is 5.10 Å². The van der Waals surface area contributed by atoms with Crippen LogP contribution in [0.2, 0.25) is 0 Å². The summed E-state index contributed by atoms with van der Waals surface area (Å²) < 4.78 is 1.52. The number of anilines is 2. The van der Waals surface area contributed by atoms with Gasteiger partial charge in [-0.1, -0.05) is 18.2 Å². The summed E-state index contributed by atoms with van der Waals surface area (Å²) in [6, 6.07) is 7.60. The van der Waals surface area contributed by atoms with Crippen molar-refractivity contribution in [2.24, 2.45) is 7.05 Å². The van der Waals surface area contributed by atoms with Gasteiger partial charge in [-0.25, -0.2) is 0 Å². The molecule has 20 heavy (non-hydrogen) atoms. The quantitative estimate of drug-likeness (QED) is 0.655. The molecule has 5 nitrogen and oxygen atoms in total. The van der Waals surface area contributed by atoms with Gasteiger partial charge in [-0.15, -0.1) is 18.3 Å². The number of hydrogen-bond donors (Lipinski definition) is 2. The highest BCUT2D eigenvalue weighted by atomic mass is 32.2. The molecule has 0 fully saturated rings. The minimum atomic E-state index is -0.310. The Morgan fingerprint density at radius 1 is 1.55 bits per heavy atom. The van der Waals surface area contributed by atoms with E-state index in [1.165, 1.54) is 4.68 Å². The van der Waals surface area contributed by atoms with E-state index >= 15 is 0 Å². The molecular weight excluding hydrogens is 272 g/mol. The van der Waals surface area contributed by atoms with Gasteiger partial charge >= 0.3 is 0 Å². The Kier molecular flexibility index (Phi) is 4.47. The molecular formula is C14H16N4OS. The summed E-state index contributed by atoms with van der Waals surface area (Å²) in [5, 5.41) is 6.89. The molecule has 0 radical (unpaired) electrons. The molecule has 0 saturated carbocycles. The normalized spacial score (nSPS) is 10.2. The van der Waals surface area contributed by atoms with Gasteiger partial charge in [0.25, 0.3) is 5.91 Å². The van der Waals surface area contributed by atoms with Crippen LogP contribution in [-0.2, 0) is 7.05 Å². The third-order valence-corrected chi connectivity index (χ3v) is 3.63. The first kappa shape index (κ1) is 14.2. The van der Waals surface area contributed by atoms with Crippen molar-refractivity contribution in [3.05, 3.63) is 48.8 Å². The number of nitrogen functional groups attached to an aromatic ring is 1. The molecule has 3 N–H and O–H groups in total. The Bertz CT molecular complexity index is 636. The van der Waals surface area contributed by atoms with Crippen LogP contribution in [0, 0.1) is 0 Å². The zero-order valence-corrected chi connectivity index (χ0v) is 12.0. The number of benzene rings is 1. The molecule has 6 heteroatoms. The van der Waals surface area contributed by atoms with Gasteiger partial charge in [0, 0.05) is 23.9 Å². The van der Waals surface area contributed by atoms with Crippen molar-refractivity contribution in [3.63, 3.8) is 0 Å². The molecule has 1 aromatic carbocycles. The molecule has 0 unspecified atom stereocenters. The predicted molar refractivity (Wildman–Crippen MR) is 82.9 cm³/mol. The van der Waals surface area contributed by atoms with Crippen LogP contribution in [-0.4, -0.2) is 21.4 Å². The molecule has 0 aliphatic carbocycles. The number of nitrogens with two attached hydrogens (primary N) is 1. The summed E-state index contributed by atoms with van der Waals surface area (Å²) in [7, 11) is 1.72. The number of para-hydroxylation sites is 1. The fraction of sp³-hybridized carbons (Fsp3) is 0.143. The molecule has 104 valence electrons. The molecule has 1 heterocycles. The monoisotopic (exact) mass is 288 g/mol. The van der Waals surface area contributed by atoms with Crippen LogP contribution in [0.15, 0.2) is 48.0 Å². The van der Waals surface area contributed by atoms with E-state index in [4.69, 9.17) is 5.73 Å². The number of carbonyl (C=O) groups excluding carboxylic acids is 1. The average Bonchev–Trinajstić information content (AvgIpc) is 2.77. The third kappa shape index (κ3) is 3.21. The van der Waals surface area contributed by atoms with Crippen molar-refractivity contribution in [3.8, 4) is 0 Å². The zero-order valence-electron chi connectivity index (χ0n) is 11.2. The maximum atomic E-state index is 12.2. The first-order chi connectivity index (χ1) is 9.61. The lowest BCUT2D eigenvalue weighted by Crippen LogP contribution is -2.15. The molecule has 0 bridgehead atoms. The van der Waals surface area contributed by atoms with E-state index < -0.39 is 0 Å². The van der Waals surface area contributed by atoms with E-state index in [1.807, 2.05) is 30.3 Å². The van der Waals surface area contributed by atoms with Gasteiger partial charge in [0.05, 0.1) is 11.4 Å². The lowest BCUT2D eigenvalue weighted by Gasteiger charge is -2.09. The van der Waals surface area contributed by atoms with Gasteiger partial charge in [-0.3, -0.25) is 9.48 Å². The first-order valence-electron chi connectivity index (χ1n) is 6.05. The van der Waals surface area contributed by atoms with Crippen LogP contribution in [0.4, 0.5) is 11.4 Å². The van der Waals surface area contributed by atoms with Gasteiger partial charge in [-0.05, 0) is 12.1 Å². The smallest absolute Gasteiger partial charge is 0.278 e. The van der Waals surface area contributed by atoms with Crippen LogP contribution < -0.4 is 11.1 Å². The van der Waals surface area contributed by atoms with E-state index in [1.54, 1.807) is 25.0 Å². The van der Waals surface area contributed by atoms with E-state index in [2.05, 4.69) is 17.0 Å². The maximum Gasteiger partial charge on any atom is 0.278 e. The minimum absolute atomic E-state index is 0.232. The molecule has 0 saturated heterocycles. The number of aryl methyl sites for hydroxylation is 1. The second-order valence-electron chi connectivity index (χ2n) is 4.16. The van der Waals surface area contributed by atoms with Crippen molar-refractivity contribution < 1.29 is 4.79 Å². The molecule has 2 aromatic rings. The summed E-state index contributed by atoms with van der Waals surface area (Å²) in [6.07, 6.45) is 3.42. The van der Waals surface area contributed by atoms with Crippen LogP contribution in [0.3, 0.4) is 0 Å². The molecule has 0 aliphatic heterocycles. The van der Waals surface area contributed by atoms with E-state index in [0.717, 1.165) is 16.3 Å². The van der Waals surface area contributed by atoms with Crippen LogP contribution >= 0.6 is 11.8 Å². The number of aromatic nitrogens is 2. The van der Waals surface area contributed by atoms with Gasteiger partial charge in [0.15, 0.2) is 5.69 Å². The molecule has 0 aliphatic rings. The number of rotatable bonds is 5. The summed E-state index contributed by atoms with van der Waals surface area (Å²) in [5.74, 6) is 0.466. The predicted octanol–water partition coefficient (Wildman–Crippen LogP) is 2.53. The van der Waals surface area contributed by atoms with Crippen LogP contribution in [0.5, 0.6) is 0 Å². The Labute approximate surface area is 121 Å². The van der Waals surface area contributed by atoms with Crippen molar-refractivity contribution in [2.45, 2.75) is 4.90 Å². The number of hydrogen-bond acceptors (Lipinski definition) is 4. The lowest BCUT2D eigenvalue weighted by molar-refractivity contribution is 0.102. The molecule has 0 atom stereocenters. The number of amides is 1. The Balaban J connectivity index is 2.19. The standard InChI is InChI=1S/C14H16N4OS/c1-3-8-20-12-7-5-4-6-11(12)16-14(19)13-10(15)9-18(2)17-13/h3-7,9H,1,8,15H2,2H3,(H,16,19). The largest absolute Gasteiger partial charge is 0.396 e. The molecule has 1 aromatic heterocycles. The first-order valence-corrected chi connectivity index (χ1v) is 7.03. The summed E-state index contributed by atoms with van der Waals surface area (Å²) in [6.45, 7) is 3.69. The highest BCUT2D eigenvalue weighted by molar-refractivity contribution is 7.99. The Morgan fingerprint density at radius 2 is 2.30 bits per heavy atom. The van der Waals surface area contributed by atoms with Crippen LogP contribution in [0.1, 0.15) is 10.5 Å². The fourth-order valence-corrected chi connectivity index (χ4v) is 2.46. The topological polar surface area (TPSA) is 72.9 Å². The molecule has 1 amide bonds. The minimum Gasteiger partial charge on any atom is -0.396 e. The molecule has 2 rings (SSSR count). The Hall–Kier alpha value is -2.21. The van der Waals surface area contributed by atoms with Crippen molar-refractivity contribution >= 4 is 29.0 Å². The number of nitrogens with one attached hydrogen (secondary N) is 1. The summed E-state index contributed by atoms with van der Waals surface area (Å²) in [4.78, 5) is 13.2.